The van der Waals surface area contributed by atoms with Gasteiger partial charge in [0.1, 0.15) is 5.75 Å². The van der Waals surface area contributed by atoms with Crippen LogP contribution in [-0.4, -0.2) is 36.5 Å². The van der Waals surface area contributed by atoms with Crippen LogP contribution in [0.4, 0.5) is 8.78 Å². The molecule has 1 fully saturated rings. The second kappa shape index (κ2) is 6.65. The summed E-state index contributed by atoms with van der Waals surface area (Å²) in [5.74, 6) is -0.384. The monoisotopic (exact) mass is 284 g/mol. The lowest BCUT2D eigenvalue weighted by Gasteiger charge is -2.35. The number of nitrogens with two attached hydrogens (primary N) is 1. The second-order valence-corrected chi connectivity index (χ2v) is 4.76. The molecule has 1 aromatic rings. The van der Waals surface area contributed by atoms with Crippen molar-refractivity contribution in [1.29, 1.82) is 0 Å². The average molecular weight is 284 g/mol. The van der Waals surface area contributed by atoms with Crippen molar-refractivity contribution in [3.05, 3.63) is 29.8 Å². The number of halogens is 2. The third kappa shape index (κ3) is 3.25. The fraction of sp³-hybridized carbons (Fsp3) is 0.500. The summed E-state index contributed by atoms with van der Waals surface area (Å²) in [6, 6.07) is 6.04. The van der Waals surface area contributed by atoms with Crippen LogP contribution < -0.4 is 10.5 Å². The van der Waals surface area contributed by atoms with Crippen LogP contribution in [0.2, 0.25) is 0 Å². The first kappa shape index (κ1) is 14.7. The smallest absolute Gasteiger partial charge is 0.387 e. The summed E-state index contributed by atoms with van der Waals surface area (Å²) in [7, 11) is 0. The number of hydrogen-bond donors (Lipinski definition) is 1. The van der Waals surface area contributed by atoms with E-state index in [1.54, 1.807) is 17.0 Å². The highest BCUT2D eigenvalue weighted by Crippen LogP contribution is 2.25. The number of rotatable bonds is 4. The maximum absolute atomic E-state index is 12.5. The number of amides is 1. The molecule has 4 nitrogen and oxygen atoms in total. The molecule has 2 rings (SSSR count). The van der Waals surface area contributed by atoms with Crippen LogP contribution in [0, 0.1) is 0 Å². The number of carbonyl (C=O) groups excluding carboxylic acids is 1. The average Bonchev–Trinajstić information content (AvgIpc) is 2.46. The van der Waals surface area contributed by atoms with Crippen molar-refractivity contribution in [2.24, 2.45) is 5.73 Å². The number of benzene rings is 1. The van der Waals surface area contributed by atoms with E-state index in [0.29, 0.717) is 13.1 Å². The normalized spacial score (nSPS) is 19.2. The van der Waals surface area contributed by atoms with E-state index in [1.807, 2.05) is 0 Å². The minimum absolute atomic E-state index is 0.0316. The number of likely N-dealkylation sites (tertiary alicyclic amines) is 1. The maximum Gasteiger partial charge on any atom is 0.387 e. The van der Waals surface area contributed by atoms with Gasteiger partial charge in [-0.1, -0.05) is 12.1 Å². The van der Waals surface area contributed by atoms with Crippen molar-refractivity contribution in [3.8, 4) is 5.75 Å². The van der Waals surface area contributed by atoms with Gasteiger partial charge in [0.15, 0.2) is 0 Å². The quantitative estimate of drug-likeness (QED) is 0.922. The number of piperidine rings is 1. The van der Waals surface area contributed by atoms with Crippen LogP contribution in [0.25, 0.3) is 0 Å². The lowest BCUT2D eigenvalue weighted by atomic mass is 10.0. The minimum atomic E-state index is -2.95. The minimum Gasteiger partial charge on any atom is -0.434 e. The molecular weight excluding hydrogens is 266 g/mol. The van der Waals surface area contributed by atoms with E-state index in [-0.39, 0.29) is 23.3 Å². The molecule has 1 aliphatic rings. The van der Waals surface area contributed by atoms with Crippen molar-refractivity contribution >= 4 is 5.91 Å². The fourth-order valence-corrected chi connectivity index (χ4v) is 2.51. The predicted molar refractivity (Wildman–Crippen MR) is 70.8 cm³/mol. The summed E-state index contributed by atoms with van der Waals surface area (Å²) in [5, 5.41) is 0. The van der Waals surface area contributed by atoms with Gasteiger partial charge in [-0.15, -0.1) is 0 Å². The summed E-state index contributed by atoms with van der Waals surface area (Å²) in [4.78, 5) is 14.2. The maximum atomic E-state index is 12.5. The Balaban J connectivity index is 2.23. The van der Waals surface area contributed by atoms with Crippen LogP contribution in [0.15, 0.2) is 24.3 Å². The summed E-state index contributed by atoms with van der Waals surface area (Å²) in [6.07, 6.45) is 2.78. The van der Waals surface area contributed by atoms with E-state index in [9.17, 15) is 13.6 Å². The van der Waals surface area contributed by atoms with Gasteiger partial charge in [-0.3, -0.25) is 4.79 Å². The van der Waals surface area contributed by atoms with Gasteiger partial charge in [0.05, 0.1) is 5.56 Å². The van der Waals surface area contributed by atoms with Crippen LogP contribution in [0.3, 0.4) is 0 Å². The number of nitrogens with zero attached hydrogens (tertiary/aromatic N) is 1. The molecular formula is C14H18F2N2O2. The number of alkyl halides is 2. The summed E-state index contributed by atoms with van der Waals surface area (Å²) >= 11 is 0. The first-order chi connectivity index (χ1) is 9.63. The zero-order valence-electron chi connectivity index (χ0n) is 11.1. The fourth-order valence-electron chi connectivity index (χ4n) is 2.51. The van der Waals surface area contributed by atoms with Crippen molar-refractivity contribution in [1.82, 2.24) is 4.90 Å². The molecule has 0 saturated carbocycles. The molecule has 0 radical (unpaired) electrons. The highest BCUT2D eigenvalue weighted by atomic mass is 19.3. The standard InChI is InChI=1S/C14H18F2N2O2/c15-14(16)20-12-7-2-1-6-11(12)13(19)18-8-4-3-5-10(18)9-17/h1-2,6-7,10,14H,3-5,8-9,17H2. The van der Waals surface area contributed by atoms with Crippen molar-refractivity contribution in [2.45, 2.75) is 31.9 Å². The molecule has 1 heterocycles. The van der Waals surface area contributed by atoms with Crippen molar-refractivity contribution in [3.63, 3.8) is 0 Å². The number of carbonyl (C=O) groups is 1. The molecule has 110 valence electrons. The van der Waals surface area contributed by atoms with Crippen LogP contribution >= 0.6 is 0 Å². The number of ether oxygens (including phenoxy) is 1. The van der Waals surface area contributed by atoms with Crippen molar-refractivity contribution in [2.75, 3.05) is 13.1 Å². The van der Waals surface area contributed by atoms with Crippen LogP contribution in [0.5, 0.6) is 5.75 Å². The summed E-state index contributed by atoms with van der Waals surface area (Å²) in [5.41, 5.74) is 5.84. The Morgan fingerprint density at radius 3 is 2.85 bits per heavy atom. The van der Waals surface area contributed by atoms with E-state index in [4.69, 9.17) is 5.73 Å². The van der Waals surface area contributed by atoms with Gasteiger partial charge in [-0.05, 0) is 31.4 Å². The molecule has 2 N–H and O–H groups in total. The lowest BCUT2D eigenvalue weighted by Crippen LogP contribution is -2.47. The molecule has 1 aromatic carbocycles. The molecule has 20 heavy (non-hydrogen) atoms. The Kier molecular flexibility index (Phi) is 4.89. The SMILES string of the molecule is NCC1CCCCN1C(=O)c1ccccc1OC(F)F. The van der Waals surface area contributed by atoms with Gasteiger partial charge in [0, 0.05) is 19.1 Å². The van der Waals surface area contributed by atoms with Gasteiger partial charge in [0.25, 0.3) is 5.91 Å². The lowest BCUT2D eigenvalue weighted by molar-refractivity contribution is -0.0503. The Hall–Kier alpha value is -1.69. The van der Waals surface area contributed by atoms with E-state index in [2.05, 4.69) is 4.74 Å². The zero-order chi connectivity index (χ0) is 14.5. The number of hydrogen-bond acceptors (Lipinski definition) is 3. The van der Waals surface area contributed by atoms with Gasteiger partial charge >= 0.3 is 6.61 Å². The third-order valence-corrected chi connectivity index (χ3v) is 3.49. The largest absolute Gasteiger partial charge is 0.434 e. The first-order valence-corrected chi connectivity index (χ1v) is 6.68. The zero-order valence-corrected chi connectivity index (χ0v) is 11.1. The van der Waals surface area contributed by atoms with Gasteiger partial charge in [0.2, 0.25) is 0 Å². The van der Waals surface area contributed by atoms with Gasteiger partial charge in [-0.2, -0.15) is 8.78 Å². The molecule has 0 bridgehead atoms. The topological polar surface area (TPSA) is 55.6 Å². The third-order valence-electron chi connectivity index (χ3n) is 3.49. The van der Waals surface area contributed by atoms with E-state index < -0.39 is 6.61 Å². The highest BCUT2D eigenvalue weighted by Gasteiger charge is 2.28. The van der Waals surface area contributed by atoms with Gasteiger partial charge in [-0.25, -0.2) is 0 Å². The molecule has 1 saturated heterocycles. The molecule has 0 spiro atoms. The molecule has 0 aliphatic carbocycles. The molecule has 1 aliphatic heterocycles. The Morgan fingerprint density at radius 2 is 2.15 bits per heavy atom. The predicted octanol–water partition coefficient (Wildman–Crippen LogP) is 2.24. The first-order valence-electron chi connectivity index (χ1n) is 6.68. The number of para-hydroxylation sites is 1. The van der Waals surface area contributed by atoms with Gasteiger partial charge < -0.3 is 15.4 Å². The van der Waals surface area contributed by atoms with Crippen molar-refractivity contribution < 1.29 is 18.3 Å². The highest BCUT2D eigenvalue weighted by molar-refractivity contribution is 5.97. The second-order valence-electron chi connectivity index (χ2n) is 4.76. The van der Waals surface area contributed by atoms with E-state index >= 15 is 0 Å². The molecule has 0 aromatic heterocycles. The Bertz CT molecular complexity index is 468. The Morgan fingerprint density at radius 1 is 1.40 bits per heavy atom. The summed E-state index contributed by atoms with van der Waals surface area (Å²) < 4.78 is 29.2. The van der Waals surface area contributed by atoms with Crippen LogP contribution in [0.1, 0.15) is 29.6 Å². The van der Waals surface area contributed by atoms with Crippen LogP contribution in [-0.2, 0) is 0 Å². The molecule has 1 atom stereocenters. The summed E-state index contributed by atoms with van der Waals surface area (Å²) in [6.45, 7) is -1.97. The molecule has 6 heteroatoms. The molecule has 1 unspecified atom stereocenters. The Labute approximate surface area is 116 Å². The van der Waals surface area contributed by atoms with E-state index in [0.717, 1.165) is 19.3 Å². The van der Waals surface area contributed by atoms with E-state index in [1.165, 1.54) is 12.1 Å². The molecule has 1 amide bonds.